The lowest BCUT2D eigenvalue weighted by Gasteiger charge is -2.36. The van der Waals surface area contributed by atoms with Gasteiger partial charge in [0.05, 0.1) is 13.4 Å². The van der Waals surface area contributed by atoms with Crippen LogP contribution >= 0.6 is 0 Å². The van der Waals surface area contributed by atoms with E-state index in [-0.39, 0.29) is 4.90 Å². The molecule has 1 atom stereocenters. The van der Waals surface area contributed by atoms with Gasteiger partial charge in [-0.05, 0) is 31.3 Å². The van der Waals surface area contributed by atoms with E-state index >= 15 is 0 Å². The minimum absolute atomic E-state index is 0.305. The van der Waals surface area contributed by atoms with Gasteiger partial charge < -0.3 is 9.85 Å². The van der Waals surface area contributed by atoms with Crippen LogP contribution in [0, 0.1) is 17.7 Å². The van der Waals surface area contributed by atoms with Gasteiger partial charge in [-0.3, -0.25) is 4.90 Å². The van der Waals surface area contributed by atoms with E-state index in [0.29, 0.717) is 0 Å². The van der Waals surface area contributed by atoms with E-state index in [1.54, 1.807) is 0 Å². The van der Waals surface area contributed by atoms with Crippen LogP contribution in [0.4, 0.5) is 0 Å². The average Bonchev–Trinajstić information content (AvgIpc) is 2.99. The molecule has 0 radical (unpaired) electrons. The molecule has 1 aromatic rings. The van der Waals surface area contributed by atoms with Gasteiger partial charge in [-0.1, -0.05) is 74.9 Å². The quantitative estimate of drug-likeness (QED) is 0.552. The number of aliphatic hydroxyl groups is 1. The second-order valence-corrected chi connectivity index (χ2v) is 4.42. The molecule has 0 spiro atoms. The number of benzene rings is 1. The third-order valence-corrected chi connectivity index (χ3v) is 2.90. The predicted octanol–water partition coefficient (Wildman–Crippen LogP) is 3.34. The summed E-state index contributed by atoms with van der Waals surface area (Å²) >= 11 is 0. The standard InChI is InChI=1S/C22H31NO3/c1-3-23(4-2)17-11-12-18-26-21(24)22(25,19-13-7-5-8-14-19)20-15-9-6-10-16-20/h5,7-8,13-14,20,25H,3-4,6,9-10,15-18H2,1-2H3/i1D3,2D3,3D2,4D2,5D,6D2,7D,8D,9D2,10D2,13D,14D,15D2,16D2,20D,25D. The first-order valence-corrected chi connectivity index (χ1v) is 6.87. The number of rotatable bonds is 8. The number of carbonyl (C=O) groups is 1. The Morgan fingerprint density at radius 1 is 1.42 bits per heavy atom. The number of nitrogens with zero attached hydrogens (tertiary/aromatic N) is 1. The SMILES string of the molecule is [2H]OC(C(=O)OCC#CCN(C([2H])([2H])C([2H])([2H])[2H])C([2H])([2H])C([2H])([2H])[2H])(c1c([2H])c([2H])c([2H])c([2H])c1[2H])C1([2H])C([2H])([2H])C([2H])([2H])C([2H])([2H])C([2H])([2H])C1([2H])[2H]. The monoisotopic (exact) mass is 384 g/mol. The van der Waals surface area contributed by atoms with Crippen LogP contribution in [-0.4, -0.2) is 43.6 Å². The summed E-state index contributed by atoms with van der Waals surface area (Å²) in [4.78, 5) is 13.8. The molecule has 0 saturated heterocycles. The summed E-state index contributed by atoms with van der Waals surface area (Å²) in [5, 5.41) is 4.43. The van der Waals surface area contributed by atoms with Crippen molar-refractivity contribution in [3.63, 3.8) is 0 Å². The molecule has 1 fully saturated rings. The Balaban J connectivity index is 2.99. The highest BCUT2D eigenvalue weighted by Gasteiger charge is 2.46. The van der Waals surface area contributed by atoms with E-state index < -0.39 is 125 Å². The molecule has 4 heteroatoms. The first-order valence-electron chi connectivity index (χ1n) is 20.3. The van der Waals surface area contributed by atoms with Gasteiger partial charge in [0.15, 0.2) is 12.2 Å². The van der Waals surface area contributed by atoms with Crippen molar-refractivity contribution >= 4 is 5.97 Å². The maximum absolute atomic E-state index is 14.1. The Kier molecular flexibility index (Phi) is 1.90. The van der Waals surface area contributed by atoms with Gasteiger partial charge in [-0.25, -0.2) is 4.79 Å². The van der Waals surface area contributed by atoms with Crippen molar-refractivity contribution in [2.45, 2.75) is 51.2 Å². The Bertz CT molecular complexity index is 1580. The van der Waals surface area contributed by atoms with E-state index in [1.807, 2.05) is 11.8 Å². The number of hydrogen-bond donors (Lipinski definition) is 1. The highest BCUT2D eigenvalue weighted by Crippen LogP contribution is 2.40. The molecule has 0 aromatic heterocycles. The van der Waals surface area contributed by atoms with Crippen molar-refractivity contribution in [2.75, 3.05) is 26.1 Å². The molecule has 4 nitrogen and oxygen atoms in total. The highest BCUT2D eigenvalue weighted by atomic mass is 16.5. The third kappa shape index (κ3) is 5.09. The van der Waals surface area contributed by atoms with E-state index in [2.05, 4.69) is 5.11 Å². The summed E-state index contributed by atoms with van der Waals surface area (Å²) < 4.78 is 223. The Labute approximate surface area is 195 Å². The molecule has 1 aromatic carbocycles. The molecule has 1 saturated carbocycles. The lowest BCUT2D eigenvalue weighted by molar-refractivity contribution is -0.174. The van der Waals surface area contributed by atoms with Crippen molar-refractivity contribution in [1.82, 2.24) is 4.90 Å². The molecule has 26 heavy (non-hydrogen) atoms. The van der Waals surface area contributed by atoms with Crippen LogP contribution in [0.3, 0.4) is 0 Å². The van der Waals surface area contributed by atoms with Gasteiger partial charge in [0.2, 0.25) is 1.43 Å². The van der Waals surface area contributed by atoms with Crippen LogP contribution in [0.2, 0.25) is 0 Å². The molecule has 0 amide bonds. The smallest absolute Gasteiger partial charge is 0.344 e. The summed E-state index contributed by atoms with van der Waals surface area (Å²) in [5.41, 5.74) is -6.23. The fraction of sp³-hybridized carbons (Fsp3) is 0.591. The maximum atomic E-state index is 14.1. The topological polar surface area (TPSA) is 49.8 Å². The predicted molar refractivity (Wildman–Crippen MR) is 103 cm³/mol. The molecule has 2 rings (SSSR count). The first-order chi connectivity index (χ1) is 23.2. The molecule has 1 N–H and O–H groups in total. The van der Waals surface area contributed by atoms with Gasteiger partial charge in [0.25, 0.3) is 0 Å². The van der Waals surface area contributed by atoms with Gasteiger partial charge in [-0.2, -0.15) is 0 Å². The average molecular weight is 385 g/mol. The van der Waals surface area contributed by atoms with Crippen molar-refractivity contribution in [2.24, 2.45) is 5.89 Å². The van der Waals surface area contributed by atoms with E-state index in [4.69, 9.17) is 40.4 Å². The second kappa shape index (κ2) is 10.4. The Morgan fingerprint density at radius 2 is 2.15 bits per heavy atom. The van der Waals surface area contributed by atoms with E-state index in [1.165, 1.54) is 0 Å². The van der Waals surface area contributed by atoms with Crippen LogP contribution in [0.25, 0.3) is 0 Å². The summed E-state index contributed by atoms with van der Waals surface area (Å²) in [6.07, 6.45) is -22.0. The Morgan fingerprint density at radius 3 is 2.81 bits per heavy atom. The molecule has 142 valence electrons. The maximum Gasteiger partial charge on any atom is 0.344 e. The van der Waals surface area contributed by atoms with Gasteiger partial charge in [0.1, 0.15) is 0 Å². The van der Waals surface area contributed by atoms with Gasteiger partial charge in [-0.15, -0.1) is 0 Å². The lowest BCUT2D eigenvalue weighted by atomic mass is 9.73. The van der Waals surface area contributed by atoms with Crippen LogP contribution < -0.4 is 0 Å². The first kappa shape index (κ1) is 4.77. The van der Waals surface area contributed by atoms with Crippen LogP contribution in [0.1, 0.15) is 86.8 Å². The third-order valence-electron chi connectivity index (χ3n) is 2.90. The zero-order valence-corrected chi connectivity index (χ0v) is 13.1. The minimum atomic E-state index is -4.71. The summed E-state index contributed by atoms with van der Waals surface area (Å²) in [6.45, 7) is -17.6. The minimum Gasteiger partial charge on any atom is -0.450 e. The van der Waals surface area contributed by atoms with Crippen molar-refractivity contribution in [1.29, 1.82) is 1.43 Å². The zero-order valence-electron chi connectivity index (χ0n) is 40.1. The molecule has 0 aliphatic heterocycles. The molecule has 1 unspecified atom stereocenters. The normalized spacial score (nSPS) is 45.3. The fourth-order valence-corrected chi connectivity index (χ4v) is 1.68. The number of hydrogen-bond acceptors (Lipinski definition) is 4. The van der Waals surface area contributed by atoms with Crippen molar-refractivity contribution in [3.05, 3.63) is 35.8 Å². The van der Waals surface area contributed by atoms with Gasteiger partial charge in [0, 0.05) is 34.7 Å². The molecule has 0 heterocycles. The van der Waals surface area contributed by atoms with E-state index in [0.717, 1.165) is 0 Å². The largest absolute Gasteiger partial charge is 0.450 e. The van der Waals surface area contributed by atoms with Crippen LogP contribution in [0.5, 0.6) is 0 Å². The zero-order chi connectivity index (χ0) is 42.4. The summed E-state index contributed by atoms with van der Waals surface area (Å²) in [5.74, 6) is -3.36. The molecule has 1 aliphatic rings. The molecule has 1 aliphatic carbocycles. The van der Waals surface area contributed by atoms with Crippen molar-refractivity contribution < 1.29 is 50.3 Å². The summed E-state index contributed by atoms with van der Waals surface area (Å²) in [6, 6.07) is -7.12. The number of carbonyl (C=O) groups excluding carboxylic acids is 1. The lowest BCUT2D eigenvalue weighted by Crippen LogP contribution is -2.45. The van der Waals surface area contributed by atoms with Crippen LogP contribution in [-0.2, 0) is 15.1 Å². The molecular weight excluding hydrogens is 326 g/mol. The fourth-order valence-electron chi connectivity index (χ4n) is 1.68. The second-order valence-electron chi connectivity index (χ2n) is 4.42. The van der Waals surface area contributed by atoms with Crippen molar-refractivity contribution in [3.8, 4) is 11.8 Å². The van der Waals surface area contributed by atoms with Crippen LogP contribution in [0.15, 0.2) is 30.2 Å². The number of ether oxygens (including phenoxy) is 1. The Hall–Kier alpha value is -1.83. The summed E-state index contributed by atoms with van der Waals surface area (Å²) in [7, 11) is 0. The molecule has 0 bridgehead atoms. The van der Waals surface area contributed by atoms with Gasteiger partial charge >= 0.3 is 5.97 Å². The molecular formula is C22H31NO3. The highest BCUT2D eigenvalue weighted by molar-refractivity contribution is 5.81. The van der Waals surface area contributed by atoms with E-state index in [9.17, 15) is 6.17 Å². The number of esters is 1.